The van der Waals surface area contributed by atoms with E-state index in [2.05, 4.69) is 20.0 Å². The van der Waals surface area contributed by atoms with Gasteiger partial charge in [-0.3, -0.25) is 9.78 Å². The first-order chi connectivity index (χ1) is 9.72. The molecule has 4 N–H and O–H groups in total. The zero-order valence-corrected chi connectivity index (χ0v) is 12.0. The number of rotatable bonds is 6. The van der Waals surface area contributed by atoms with Gasteiger partial charge in [-0.05, 0) is 36.2 Å². The van der Waals surface area contributed by atoms with Crippen molar-refractivity contribution in [2.45, 2.75) is 13.3 Å². The van der Waals surface area contributed by atoms with E-state index in [9.17, 15) is 4.79 Å². The summed E-state index contributed by atoms with van der Waals surface area (Å²) in [6, 6.07) is 3.77. The summed E-state index contributed by atoms with van der Waals surface area (Å²) in [5.74, 6) is 0.518. The third-order valence-electron chi connectivity index (χ3n) is 2.70. The van der Waals surface area contributed by atoms with Gasteiger partial charge >= 0.3 is 0 Å². The molecule has 0 radical (unpaired) electrons. The number of nitrogen functional groups attached to an aromatic ring is 1. The van der Waals surface area contributed by atoms with E-state index in [1.54, 1.807) is 12.4 Å². The molecular formula is C13H17N5OS. The molecule has 106 valence electrons. The van der Waals surface area contributed by atoms with Crippen LogP contribution in [0.1, 0.15) is 13.3 Å². The van der Waals surface area contributed by atoms with Crippen LogP contribution in [0.25, 0.3) is 11.1 Å². The lowest BCUT2D eigenvalue weighted by Gasteiger charge is -2.07. The number of nitrogens with zero attached hydrogens (tertiary/aromatic N) is 2. The molecule has 20 heavy (non-hydrogen) atoms. The van der Waals surface area contributed by atoms with Crippen molar-refractivity contribution in [1.82, 2.24) is 14.7 Å². The number of amides is 1. The lowest BCUT2D eigenvalue weighted by atomic mass is 10.1. The maximum atomic E-state index is 11.4. The highest BCUT2D eigenvalue weighted by Crippen LogP contribution is 2.36. The van der Waals surface area contributed by atoms with Gasteiger partial charge in [0, 0.05) is 31.9 Å². The van der Waals surface area contributed by atoms with Gasteiger partial charge in [-0.1, -0.05) is 0 Å². The Balaban J connectivity index is 2.05. The highest BCUT2D eigenvalue weighted by atomic mass is 32.1. The van der Waals surface area contributed by atoms with E-state index in [0.717, 1.165) is 16.1 Å². The molecule has 2 aromatic rings. The Hall–Kier alpha value is -2.15. The average molecular weight is 291 g/mol. The molecule has 2 rings (SSSR count). The van der Waals surface area contributed by atoms with E-state index in [0.29, 0.717) is 25.3 Å². The number of hydrogen-bond acceptors (Lipinski definition) is 6. The molecule has 0 aliphatic carbocycles. The van der Waals surface area contributed by atoms with Crippen molar-refractivity contribution in [3.63, 3.8) is 0 Å². The molecule has 2 aromatic heterocycles. The molecule has 0 aromatic carbocycles. The molecule has 0 aliphatic rings. The molecule has 0 spiro atoms. The second kappa shape index (κ2) is 6.85. The normalized spacial score (nSPS) is 10.2. The van der Waals surface area contributed by atoms with Gasteiger partial charge in [-0.15, -0.1) is 0 Å². The Morgan fingerprint density at radius 3 is 2.85 bits per heavy atom. The van der Waals surface area contributed by atoms with Crippen molar-refractivity contribution in [3.05, 3.63) is 24.5 Å². The number of carbonyl (C=O) groups excluding carboxylic acids is 1. The number of anilines is 2. The minimum Gasteiger partial charge on any atom is -0.382 e. The summed E-state index contributed by atoms with van der Waals surface area (Å²) in [6.07, 6.45) is 3.84. The number of nitrogens with one attached hydrogen (secondary N) is 2. The Labute approximate surface area is 121 Å². The minimum atomic E-state index is 0.0305. The lowest BCUT2D eigenvalue weighted by molar-refractivity contribution is -0.120. The number of pyridine rings is 1. The number of carbonyl (C=O) groups is 1. The maximum Gasteiger partial charge on any atom is 0.221 e. The zero-order valence-electron chi connectivity index (χ0n) is 11.2. The van der Waals surface area contributed by atoms with Gasteiger partial charge in [0.15, 0.2) is 0 Å². The molecule has 0 aliphatic heterocycles. The SMILES string of the molecule is CCNC(=O)CCNc1snc(N)c1-c1ccncc1. The largest absolute Gasteiger partial charge is 0.382 e. The van der Waals surface area contributed by atoms with E-state index in [-0.39, 0.29) is 5.91 Å². The zero-order chi connectivity index (χ0) is 14.4. The molecule has 0 bridgehead atoms. The van der Waals surface area contributed by atoms with Gasteiger partial charge in [-0.25, -0.2) is 0 Å². The summed E-state index contributed by atoms with van der Waals surface area (Å²) in [7, 11) is 0. The topological polar surface area (TPSA) is 92.9 Å². The first-order valence-corrected chi connectivity index (χ1v) is 7.15. The summed E-state index contributed by atoms with van der Waals surface area (Å²) in [6.45, 7) is 3.09. The van der Waals surface area contributed by atoms with E-state index in [1.807, 2.05) is 19.1 Å². The molecular weight excluding hydrogens is 274 g/mol. The first-order valence-electron chi connectivity index (χ1n) is 6.38. The smallest absolute Gasteiger partial charge is 0.221 e. The van der Waals surface area contributed by atoms with Gasteiger partial charge in [0.1, 0.15) is 10.8 Å². The fraction of sp³-hybridized carbons (Fsp3) is 0.308. The van der Waals surface area contributed by atoms with Crippen LogP contribution < -0.4 is 16.4 Å². The van der Waals surface area contributed by atoms with Gasteiger partial charge in [0.2, 0.25) is 5.91 Å². The van der Waals surface area contributed by atoms with Crippen LogP contribution in [0.3, 0.4) is 0 Å². The monoisotopic (exact) mass is 291 g/mol. The number of aromatic nitrogens is 2. The van der Waals surface area contributed by atoms with Crippen LogP contribution in [-0.2, 0) is 4.79 Å². The predicted octanol–water partition coefficient (Wildman–Crippen LogP) is 1.73. The van der Waals surface area contributed by atoms with E-state index in [4.69, 9.17) is 5.73 Å². The summed E-state index contributed by atoms with van der Waals surface area (Å²) >= 11 is 1.30. The summed E-state index contributed by atoms with van der Waals surface area (Å²) in [4.78, 5) is 15.4. The van der Waals surface area contributed by atoms with Crippen LogP contribution in [0.5, 0.6) is 0 Å². The summed E-state index contributed by atoms with van der Waals surface area (Å²) in [5.41, 5.74) is 7.75. The second-order valence-corrected chi connectivity index (χ2v) is 4.91. The minimum absolute atomic E-state index is 0.0305. The van der Waals surface area contributed by atoms with Crippen LogP contribution in [0.4, 0.5) is 10.8 Å². The predicted molar refractivity (Wildman–Crippen MR) is 81.5 cm³/mol. The van der Waals surface area contributed by atoms with Crippen molar-refractivity contribution < 1.29 is 4.79 Å². The Morgan fingerprint density at radius 2 is 2.15 bits per heavy atom. The van der Waals surface area contributed by atoms with Crippen LogP contribution in [0.15, 0.2) is 24.5 Å². The van der Waals surface area contributed by atoms with Gasteiger partial charge in [-0.2, -0.15) is 4.37 Å². The molecule has 0 atom stereocenters. The van der Waals surface area contributed by atoms with Gasteiger partial charge in [0.25, 0.3) is 0 Å². The molecule has 0 saturated carbocycles. The van der Waals surface area contributed by atoms with Crippen LogP contribution in [-0.4, -0.2) is 28.4 Å². The first kappa shape index (κ1) is 14.3. The van der Waals surface area contributed by atoms with Crippen molar-refractivity contribution in [3.8, 4) is 11.1 Å². The van der Waals surface area contributed by atoms with E-state index >= 15 is 0 Å². The highest BCUT2D eigenvalue weighted by Gasteiger charge is 2.13. The van der Waals surface area contributed by atoms with Crippen LogP contribution >= 0.6 is 11.5 Å². The molecule has 0 unspecified atom stereocenters. The Morgan fingerprint density at radius 1 is 1.40 bits per heavy atom. The quantitative estimate of drug-likeness (QED) is 0.753. The molecule has 7 heteroatoms. The third-order valence-corrected chi connectivity index (χ3v) is 3.52. The van der Waals surface area contributed by atoms with Crippen LogP contribution in [0.2, 0.25) is 0 Å². The van der Waals surface area contributed by atoms with E-state index < -0.39 is 0 Å². The molecule has 0 saturated heterocycles. The highest BCUT2D eigenvalue weighted by molar-refractivity contribution is 7.11. The lowest BCUT2D eigenvalue weighted by Crippen LogP contribution is -2.24. The number of hydrogen-bond donors (Lipinski definition) is 3. The molecule has 2 heterocycles. The van der Waals surface area contributed by atoms with Gasteiger partial charge in [0.05, 0.1) is 5.56 Å². The Kier molecular flexibility index (Phi) is 4.89. The fourth-order valence-electron chi connectivity index (χ4n) is 1.80. The average Bonchev–Trinajstić information content (AvgIpc) is 2.81. The maximum absolute atomic E-state index is 11.4. The third kappa shape index (κ3) is 3.45. The summed E-state index contributed by atoms with van der Waals surface area (Å²) in [5, 5.41) is 6.85. The second-order valence-electron chi connectivity index (χ2n) is 4.14. The molecule has 1 amide bonds. The molecule has 6 nitrogen and oxygen atoms in total. The fourth-order valence-corrected chi connectivity index (χ4v) is 2.56. The van der Waals surface area contributed by atoms with E-state index in [1.165, 1.54) is 11.5 Å². The standard InChI is InChI=1S/C13H17N5OS/c1-2-16-10(19)5-8-17-13-11(12(14)18-20-13)9-3-6-15-7-4-9/h3-4,6-7,17H,2,5,8H2,1H3,(H2,14,18)(H,16,19). The summed E-state index contributed by atoms with van der Waals surface area (Å²) < 4.78 is 4.16. The van der Waals surface area contributed by atoms with Crippen molar-refractivity contribution in [1.29, 1.82) is 0 Å². The Bertz CT molecular complexity index is 569. The van der Waals surface area contributed by atoms with Crippen LogP contribution in [0, 0.1) is 0 Å². The van der Waals surface area contributed by atoms with Gasteiger partial charge < -0.3 is 16.4 Å². The van der Waals surface area contributed by atoms with Crippen molar-refractivity contribution >= 4 is 28.3 Å². The molecule has 0 fully saturated rings. The van der Waals surface area contributed by atoms with Crippen molar-refractivity contribution in [2.75, 3.05) is 24.1 Å². The van der Waals surface area contributed by atoms with Crippen molar-refractivity contribution in [2.24, 2.45) is 0 Å². The number of nitrogens with two attached hydrogens (primary N) is 1.